The molecule has 30 heavy (non-hydrogen) atoms. The van der Waals surface area contributed by atoms with E-state index in [1.54, 1.807) is 0 Å². The number of fused-ring (bicyclic) bond motifs is 3. The molecule has 7 nitrogen and oxygen atoms in total. The molecule has 0 saturated carbocycles. The van der Waals surface area contributed by atoms with Crippen LogP contribution in [0.25, 0.3) is 11.0 Å². The van der Waals surface area contributed by atoms with Crippen LogP contribution in [0.3, 0.4) is 0 Å². The number of β-amino-alcohol motifs (C(OH)–C–C–N with tert-alkyl or cyclic N) is 1. The van der Waals surface area contributed by atoms with Crippen molar-refractivity contribution in [2.75, 3.05) is 44.2 Å². The van der Waals surface area contributed by atoms with Crippen LogP contribution < -0.4 is 10.5 Å². The van der Waals surface area contributed by atoms with Gasteiger partial charge in [-0.25, -0.2) is 4.98 Å². The average Bonchev–Trinajstić information content (AvgIpc) is 2.96. The number of aryl methyl sites for hydroxylation is 2. The Morgan fingerprint density at radius 3 is 2.60 bits per heavy atom. The first-order valence-corrected chi connectivity index (χ1v) is 11.0. The molecule has 3 aromatic rings. The number of nitrogens with zero attached hydrogens (tertiary/aromatic N) is 4. The molecule has 1 aromatic carbocycles. The van der Waals surface area contributed by atoms with Crippen LogP contribution in [-0.2, 0) is 25.8 Å². The van der Waals surface area contributed by atoms with Crippen LogP contribution in [0.15, 0.2) is 29.1 Å². The third-order valence-corrected chi connectivity index (χ3v) is 6.60. The van der Waals surface area contributed by atoms with Gasteiger partial charge >= 0.3 is 0 Å². The van der Waals surface area contributed by atoms with Crippen LogP contribution in [0.5, 0.6) is 0 Å². The highest BCUT2D eigenvalue weighted by Crippen LogP contribution is 2.35. The Morgan fingerprint density at radius 2 is 1.87 bits per heavy atom. The number of hydrogen-bond donors (Lipinski definition) is 2. The monoisotopic (exact) mass is 407 g/mol. The standard InChI is InChI=1S/C23H29N5O2/c1-2-28-22-20(23(30)25-28)21(27-11-9-26(10-12-27)13-14-29)18-8-7-16-5-3-4-6-17(16)15-19(18)24-22/h3-6,29H,2,7-15H2,1H3,(H,25,30). The molecule has 0 amide bonds. The van der Waals surface area contributed by atoms with Crippen LogP contribution >= 0.6 is 0 Å². The lowest BCUT2D eigenvalue weighted by atomic mass is 10.0. The molecule has 0 radical (unpaired) electrons. The summed E-state index contributed by atoms with van der Waals surface area (Å²) in [5.74, 6) is 0. The first kappa shape index (κ1) is 19.3. The molecule has 0 spiro atoms. The number of aromatic amines is 1. The van der Waals surface area contributed by atoms with Crippen molar-refractivity contribution < 1.29 is 5.11 Å². The summed E-state index contributed by atoms with van der Waals surface area (Å²) in [7, 11) is 0. The number of rotatable bonds is 4. The molecule has 1 aliphatic carbocycles. The van der Waals surface area contributed by atoms with Gasteiger partial charge in [-0.15, -0.1) is 0 Å². The summed E-state index contributed by atoms with van der Waals surface area (Å²) in [6.07, 6.45) is 2.68. The highest BCUT2D eigenvalue weighted by molar-refractivity contribution is 5.92. The van der Waals surface area contributed by atoms with E-state index in [1.807, 2.05) is 11.6 Å². The number of pyridine rings is 1. The van der Waals surface area contributed by atoms with E-state index in [4.69, 9.17) is 4.98 Å². The first-order chi connectivity index (χ1) is 14.7. The predicted octanol–water partition coefficient (Wildman–Crippen LogP) is 1.55. The van der Waals surface area contributed by atoms with Crippen LogP contribution in [0.2, 0.25) is 0 Å². The minimum atomic E-state index is -0.0447. The summed E-state index contributed by atoms with van der Waals surface area (Å²) in [5, 5.41) is 13.0. The largest absolute Gasteiger partial charge is 0.395 e. The van der Waals surface area contributed by atoms with E-state index in [2.05, 4.69) is 39.2 Å². The smallest absolute Gasteiger partial charge is 0.275 e. The molecule has 2 aromatic heterocycles. The minimum absolute atomic E-state index is 0.0447. The Bertz CT molecular complexity index is 1120. The zero-order chi connectivity index (χ0) is 20.7. The van der Waals surface area contributed by atoms with E-state index in [1.165, 1.54) is 16.7 Å². The molecule has 2 aliphatic rings. The van der Waals surface area contributed by atoms with Gasteiger partial charge in [0.1, 0.15) is 5.39 Å². The molecule has 2 N–H and O–H groups in total. The van der Waals surface area contributed by atoms with E-state index < -0.39 is 0 Å². The molecular weight excluding hydrogens is 378 g/mol. The fourth-order valence-corrected chi connectivity index (χ4v) is 5.02. The van der Waals surface area contributed by atoms with E-state index in [-0.39, 0.29) is 12.2 Å². The van der Waals surface area contributed by atoms with E-state index in [9.17, 15) is 9.90 Å². The summed E-state index contributed by atoms with van der Waals surface area (Å²) in [6, 6.07) is 8.62. The SMILES string of the molecule is CCn1[nH]c(=O)c2c(N3CCN(CCO)CC3)c3c(nc21)Cc1ccccc1CC3. The average molecular weight is 408 g/mol. The molecule has 1 saturated heterocycles. The van der Waals surface area contributed by atoms with E-state index >= 15 is 0 Å². The van der Waals surface area contributed by atoms with Gasteiger partial charge in [0.15, 0.2) is 5.65 Å². The molecule has 1 aliphatic heterocycles. The Hall–Kier alpha value is -2.64. The van der Waals surface area contributed by atoms with Gasteiger partial charge in [0.25, 0.3) is 5.56 Å². The van der Waals surface area contributed by atoms with Gasteiger partial charge in [-0.05, 0) is 36.5 Å². The van der Waals surface area contributed by atoms with Gasteiger partial charge in [-0.2, -0.15) is 0 Å². The fourth-order valence-electron chi connectivity index (χ4n) is 5.02. The van der Waals surface area contributed by atoms with E-state index in [0.29, 0.717) is 13.1 Å². The van der Waals surface area contributed by atoms with Crippen molar-refractivity contribution in [1.82, 2.24) is 19.7 Å². The van der Waals surface area contributed by atoms with Gasteiger partial charge < -0.3 is 10.0 Å². The second-order valence-corrected chi connectivity index (χ2v) is 8.27. The zero-order valence-corrected chi connectivity index (χ0v) is 17.5. The maximum atomic E-state index is 13.0. The number of benzene rings is 1. The number of aromatic nitrogens is 3. The van der Waals surface area contributed by atoms with Crippen LogP contribution in [0.1, 0.15) is 29.3 Å². The number of hydrogen-bond acceptors (Lipinski definition) is 5. The molecule has 0 bridgehead atoms. The first-order valence-electron chi connectivity index (χ1n) is 11.0. The van der Waals surface area contributed by atoms with Crippen molar-refractivity contribution in [2.24, 2.45) is 0 Å². The number of anilines is 1. The van der Waals surface area contributed by atoms with Gasteiger partial charge in [0, 0.05) is 45.7 Å². The van der Waals surface area contributed by atoms with E-state index in [0.717, 1.165) is 67.9 Å². The quantitative estimate of drug-likeness (QED) is 0.686. The number of H-pyrrole nitrogens is 1. The van der Waals surface area contributed by atoms with Gasteiger partial charge in [0.2, 0.25) is 0 Å². The number of piperazine rings is 1. The number of nitrogens with one attached hydrogen (secondary N) is 1. The molecule has 1 fully saturated rings. The Kier molecular flexibility index (Phi) is 5.08. The van der Waals surface area contributed by atoms with Crippen molar-refractivity contribution >= 4 is 16.7 Å². The summed E-state index contributed by atoms with van der Waals surface area (Å²) in [6.45, 7) is 7.12. The Morgan fingerprint density at radius 1 is 1.10 bits per heavy atom. The maximum Gasteiger partial charge on any atom is 0.275 e. The lowest BCUT2D eigenvalue weighted by Gasteiger charge is -2.37. The molecular formula is C23H29N5O2. The lowest BCUT2D eigenvalue weighted by Crippen LogP contribution is -2.47. The van der Waals surface area contributed by atoms with Crippen LogP contribution in [0.4, 0.5) is 5.69 Å². The minimum Gasteiger partial charge on any atom is -0.395 e. The molecule has 0 atom stereocenters. The second kappa shape index (κ2) is 7.89. The molecule has 158 valence electrons. The number of aliphatic hydroxyl groups excluding tert-OH is 1. The van der Waals surface area contributed by atoms with Crippen LogP contribution in [0, 0.1) is 0 Å². The van der Waals surface area contributed by atoms with Gasteiger partial charge in [-0.1, -0.05) is 24.3 Å². The summed E-state index contributed by atoms with van der Waals surface area (Å²) in [4.78, 5) is 22.7. The number of aliphatic hydroxyl groups is 1. The summed E-state index contributed by atoms with van der Waals surface area (Å²) in [5.41, 5.74) is 6.86. The molecule has 3 heterocycles. The normalized spacial score (nSPS) is 17.1. The Balaban J connectivity index is 1.65. The van der Waals surface area contributed by atoms with Gasteiger partial charge in [-0.3, -0.25) is 19.5 Å². The highest BCUT2D eigenvalue weighted by Gasteiger charge is 2.28. The molecule has 7 heteroatoms. The van der Waals surface area contributed by atoms with Crippen molar-refractivity contribution in [3.8, 4) is 0 Å². The maximum absolute atomic E-state index is 13.0. The molecule has 5 rings (SSSR count). The predicted molar refractivity (Wildman–Crippen MR) is 118 cm³/mol. The lowest BCUT2D eigenvalue weighted by molar-refractivity contribution is 0.189. The van der Waals surface area contributed by atoms with Crippen molar-refractivity contribution in [1.29, 1.82) is 0 Å². The Labute approximate surface area is 175 Å². The van der Waals surface area contributed by atoms with Crippen molar-refractivity contribution in [3.63, 3.8) is 0 Å². The summed E-state index contributed by atoms with van der Waals surface area (Å²) >= 11 is 0. The van der Waals surface area contributed by atoms with Crippen molar-refractivity contribution in [3.05, 3.63) is 57.0 Å². The third-order valence-electron chi connectivity index (χ3n) is 6.60. The summed E-state index contributed by atoms with van der Waals surface area (Å²) < 4.78 is 1.88. The zero-order valence-electron chi connectivity index (χ0n) is 17.5. The van der Waals surface area contributed by atoms with Gasteiger partial charge in [0.05, 0.1) is 18.0 Å². The van der Waals surface area contributed by atoms with Crippen LogP contribution in [-0.4, -0.2) is 64.1 Å². The highest BCUT2D eigenvalue weighted by atomic mass is 16.3. The molecule has 0 unspecified atom stereocenters. The fraction of sp³-hybridized carbons (Fsp3) is 0.478. The topological polar surface area (TPSA) is 77.4 Å². The third kappa shape index (κ3) is 3.22. The van der Waals surface area contributed by atoms with Crippen molar-refractivity contribution in [2.45, 2.75) is 32.7 Å². The second-order valence-electron chi connectivity index (χ2n) is 8.27.